The van der Waals surface area contributed by atoms with E-state index in [0.29, 0.717) is 6.54 Å². The number of rotatable bonds is 5. The second-order valence-electron chi connectivity index (χ2n) is 5.58. The summed E-state index contributed by atoms with van der Waals surface area (Å²) in [6.45, 7) is 4.83. The van der Waals surface area contributed by atoms with Crippen LogP contribution in [0.5, 0.6) is 0 Å². The van der Waals surface area contributed by atoms with Gasteiger partial charge in [-0.05, 0) is 29.3 Å². The molecule has 3 nitrogen and oxygen atoms in total. The van der Waals surface area contributed by atoms with Gasteiger partial charge in [-0.25, -0.2) is 0 Å². The van der Waals surface area contributed by atoms with Gasteiger partial charge in [0.1, 0.15) is 0 Å². The van der Waals surface area contributed by atoms with Crippen LogP contribution >= 0.6 is 0 Å². The minimum atomic E-state index is -0.0958. The molecule has 0 spiro atoms. The Kier molecular flexibility index (Phi) is 4.88. The highest BCUT2D eigenvalue weighted by atomic mass is 16.1. The number of hydrogen-bond acceptors (Lipinski definition) is 2. The summed E-state index contributed by atoms with van der Waals surface area (Å²) < 4.78 is 0. The Morgan fingerprint density at radius 1 is 1.14 bits per heavy atom. The van der Waals surface area contributed by atoms with E-state index in [9.17, 15) is 4.79 Å². The molecule has 0 saturated heterocycles. The fourth-order valence-electron chi connectivity index (χ4n) is 2.00. The van der Waals surface area contributed by atoms with Gasteiger partial charge >= 0.3 is 0 Å². The number of aromatic nitrogens is 1. The van der Waals surface area contributed by atoms with E-state index in [-0.39, 0.29) is 11.3 Å². The number of amides is 1. The van der Waals surface area contributed by atoms with Crippen LogP contribution in [0.2, 0.25) is 0 Å². The van der Waals surface area contributed by atoms with E-state index in [0.717, 1.165) is 5.56 Å². The van der Waals surface area contributed by atoms with Gasteiger partial charge in [-0.2, -0.15) is 0 Å². The monoisotopic (exact) mass is 280 g/mol. The number of nitrogens with one attached hydrogen (secondary N) is 1. The van der Waals surface area contributed by atoms with Crippen molar-refractivity contribution in [1.29, 1.82) is 0 Å². The number of nitrogens with zero attached hydrogens (tertiary/aromatic N) is 1. The van der Waals surface area contributed by atoms with Crippen LogP contribution in [0.1, 0.15) is 25.0 Å². The molecule has 1 aromatic heterocycles. The Bertz CT molecular complexity index is 604. The fraction of sp³-hybridized carbons (Fsp3) is 0.222. The highest BCUT2D eigenvalue weighted by Crippen LogP contribution is 2.21. The van der Waals surface area contributed by atoms with Crippen molar-refractivity contribution in [3.8, 4) is 0 Å². The van der Waals surface area contributed by atoms with E-state index in [2.05, 4.69) is 36.3 Å². The smallest absolute Gasteiger partial charge is 0.244 e. The van der Waals surface area contributed by atoms with Gasteiger partial charge in [0.15, 0.2) is 0 Å². The Morgan fingerprint density at radius 2 is 1.81 bits per heavy atom. The average molecular weight is 280 g/mol. The highest BCUT2D eigenvalue weighted by Gasteiger charge is 2.20. The maximum Gasteiger partial charge on any atom is 0.244 e. The van der Waals surface area contributed by atoms with Crippen molar-refractivity contribution >= 4 is 12.0 Å². The third-order valence-electron chi connectivity index (χ3n) is 3.39. The molecule has 21 heavy (non-hydrogen) atoms. The summed E-state index contributed by atoms with van der Waals surface area (Å²) in [6, 6.07) is 13.9. The third kappa shape index (κ3) is 4.56. The summed E-state index contributed by atoms with van der Waals surface area (Å²) in [5, 5.41) is 2.95. The quantitative estimate of drug-likeness (QED) is 0.855. The molecule has 1 aromatic carbocycles. The number of benzene rings is 1. The van der Waals surface area contributed by atoms with Crippen LogP contribution in [0.4, 0.5) is 0 Å². The van der Waals surface area contributed by atoms with Crippen molar-refractivity contribution < 1.29 is 4.79 Å². The number of hydrogen-bond donors (Lipinski definition) is 1. The Morgan fingerprint density at radius 3 is 2.48 bits per heavy atom. The van der Waals surface area contributed by atoms with Gasteiger partial charge in [-0.1, -0.05) is 44.2 Å². The first-order valence-electron chi connectivity index (χ1n) is 6.99. The first kappa shape index (κ1) is 15.0. The third-order valence-corrected chi connectivity index (χ3v) is 3.39. The summed E-state index contributed by atoms with van der Waals surface area (Å²) in [5.74, 6) is -0.0872. The topological polar surface area (TPSA) is 42.0 Å². The summed E-state index contributed by atoms with van der Waals surface area (Å²) in [6.07, 6.45) is 6.75. The average Bonchev–Trinajstić information content (AvgIpc) is 2.53. The van der Waals surface area contributed by atoms with Crippen molar-refractivity contribution in [2.24, 2.45) is 0 Å². The van der Waals surface area contributed by atoms with E-state index in [1.165, 1.54) is 5.56 Å². The summed E-state index contributed by atoms with van der Waals surface area (Å²) in [4.78, 5) is 15.8. The number of pyridine rings is 1. The van der Waals surface area contributed by atoms with Crippen molar-refractivity contribution in [3.63, 3.8) is 0 Å². The summed E-state index contributed by atoms with van der Waals surface area (Å²) in [5.41, 5.74) is 2.08. The van der Waals surface area contributed by atoms with Crippen LogP contribution < -0.4 is 5.32 Å². The normalized spacial score (nSPS) is 11.5. The molecule has 0 bridgehead atoms. The van der Waals surface area contributed by atoms with Crippen molar-refractivity contribution in [2.75, 3.05) is 6.54 Å². The maximum absolute atomic E-state index is 11.9. The van der Waals surface area contributed by atoms with Crippen molar-refractivity contribution in [3.05, 3.63) is 72.1 Å². The van der Waals surface area contributed by atoms with Gasteiger partial charge in [0.2, 0.25) is 5.91 Å². The minimum absolute atomic E-state index is 0.0872. The second-order valence-corrected chi connectivity index (χ2v) is 5.58. The van der Waals surface area contributed by atoms with Crippen LogP contribution in [0, 0.1) is 0 Å². The molecule has 108 valence electrons. The van der Waals surface area contributed by atoms with Crippen molar-refractivity contribution in [2.45, 2.75) is 19.3 Å². The maximum atomic E-state index is 11.9. The molecule has 2 rings (SSSR count). The second kappa shape index (κ2) is 6.84. The Hall–Kier alpha value is -2.42. The predicted octanol–water partition coefficient (Wildman–Crippen LogP) is 3.19. The lowest BCUT2D eigenvalue weighted by Crippen LogP contribution is -2.35. The van der Waals surface area contributed by atoms with Gasteiger partial charge in [0, 0.05) is 30.4 Å². The van der Waals surface area contributed by atoms with Crippen LogP contribution in [0.25, 0.3) is 6.08 Å². The molecule has 0 fully saturated rings. The molecule has 0 aliphatic carbocycles. The van der Waals surface area contributed by atoms with Crippen LogP contribution in [0.3, 0.4) is 0 Å². The van der Waals surface area contributed by atoms with Crippen molar-refractivity contribution in [1.82, 2.24) is 10.3 Å². The molecule has 0 unspecified atom stereocenters. The van der Waals surface area contributed by atoms with Gasteiger partial charge in [-0.15, -0.1) is 0 Å². The lowest BCUT2D eigenvalue weighted by molar-refractivity contribution is -0.116. The zero-order chi connectivity index (χ0) is 15.1. The molecule has 1 N–H and O–H groups in total. The molecular formula is C18H20N2O. The molecular weight excluding hydrogens is 260 g/mol. The molecule has 2 aromatic rings. The minimum Gasteiger partial charge on any atom is -0.352 e. The molecule has 0 saturated carbocycles. The zero-order valence-electron chi connectivity index (χ0n) is 12.4. The lowest BCUT2D eigenvalue weighted by atomic mass is 9.84. The molecule has 1 heterocycles. The molecule has 0 atom stereocenters. The standard InChI is InChI=1S/C18H20N2O/c1-18(2,16-6-4-3-5-7-16)14-20-17(21)9-8-15-10-12-19-13-11-15/h3-13H,14H2,1-2H3,(H,20,21)/b9-8+. The molecule has 0 aliphatic heterocycles. The largest absolute Gasteiger partial charge is 0.352 e. The van der Waals surface area contributed by atoms with Crippen LogP contribution in [0.15, 0.2) is 60.9 Å². The van der Waals surface area contributed by atoms with Crippen LogP contribution in [-0.4, -0.2) is 17.4 Å². The summed E-state index contributed by atoms with van der Waals surface area (Å²) in [7, 11) is 0. The SMILES string of the molecule is CC(C)(CNC(=O)/C=C/c1ccncc1)c1ccccc1. The predicted molar refractivity (Wildman–Crippen MR) is 85.7 cm³/mol. The van der Waals surface area contributed by atoms with E-state index in [1.54, 1.807) is 24.5 Å². The van der Waals surface area contributed by atoms with Gasteiger partial charge in [0.25, 0.3) is 0 Å². The van der Waals surface area contributed by atoms with E-state index in [1.807, 2.05) is 30.3 Å². The Labute approximate surface area is 125 Å². The van der Waals surface area contributed by atoms with Gasteiger partial charge in [0.05, 0.1) is 0 Å². The lowest BCUT2D eigenvalue weighted by Gasteiger charge is -2.25. The highest BCUT2D eigenvalue weighted by molar-refractivity contribution is 5.91. The number of carbonyl (C=O) groups excluding carboxylic acids is 1. The Balaban J connectivity index is 1.91. The molecule has 0 radical (unpaired) electrons. The fourth-order valence-corrected chi connectivity index (χ4v) is 2.00. The molecule has 1 amide bonds. The van der Waals surface area contributed by atoms with Gasteiger partial charge < -0.3 is 5.32 Å². The van der Waals surface area contributed by atoms with Gasteiger partial charge in [-0.3, -0.25) is 9.78 Å². The first-order valence-corrected chi connectivity index (χ1v) is 6.99. The summed E-state index contributed by atoms with van der Waals surface area (Å²) >= 11 is 0. The zero-order valence-corrected chi connectivity index (χ0v) is 12.4. The molecule has 3 heteroatoms. The first-order chi connectivity index (χ1) is 10.1. The van der Waals surface area contributed by atoms with E-state index >= 15 is 0 Å². The van der Waals surface area contributed by atoms with Crippen LogP contribution in [-0.2, 0) is 10.2 Å². The molecule has 0 aliphatic rings. The number of carbonyl (C=O) groups is 1. The van der Waals surface area contributed by atoms with E-state index in [4.69, 9.17) is 0 Å². The van der Waals surface area contributed by atoms with E-state index < -0.39 is 0 Å².